The number of fused-ring (bicyclic) bond motifs is 3. The van der Waals surface area contributed by atoms with Crippen molar-refractivity contribution in [3.05, 3.63) is 158 Å². The number of benzene rings is 3. The molecule has 1 unspecified atom stereocenters. The van der Waals surface area contributed by atoms with Crippen LogP contribution in [0.1, 0.15) is 45.0 Å². The number of carbonyl (C=O) groups is 4. The highest BCUT2D eigenvalue weighted by Crippen LogP contribution is 2.36. The number of aromatic amines is 3. The van der Waals surface area contributed by atoms with Crippen molar-refractivity contribution in [1.29, 1.82) is 0 Å². The lowest BCUT2D eigenvalue weighted by atomic mass is 10.0. The number of H-pyrrole nitrogens is 3. The lowest BCUT2D eigenvalue weighted by Crippen LogP contribution is -2.48. The Morgan fingerprint density at radius 3 is 1.44 bits per heavy atom. The quantitative estimate of drug-likeness (QED) is 0.0393. The van der Waals surface area contributed by atoms with Crippen molar-refractivity contribution in [3.8, 4) is 67.4 Å². The van der Waals surface area contributed by atoms with E-state index in [2.05, 4.69) is 125 Å². The summed E-state index contributed by atoms with van der Waals surface area (Å²) in [6.07, 6.45) is 16.1. The molecule has 0 spiro atoms. The Labute approximate surface area is 602 Å². The highest BCUT2D eigenvalue weighted by Gasteiger charge is 2.24. The molecule has 4 amide bonds. The first kappa shape index (κ1) is 71.2. The molecule has 1 atom stereocenters. The van der Waals surface area contributed by atoms with Crippen LogP contribution in [0.25, 0.3) is 101 Å². The van der Waals surface area contributed by atoms with Gasteiger partial charge in [-0.05, 0) is 111 Å². The summed E-state index contributed by atoms with van der Waals surface area (Å²) in [6.45, 7) is 18.5. The number of likely N-dealkylation sites (N-methyl/N-ethyl adjacent to an activating group) is 1. The van der Waals surface area contributed by atoms with Gasteiger partial charge in [0.05, 0.1) is 85.6 Å². The minimum Gasteiger partial charge on any atom is -0.450 e. The SMILES string of the molecule is CCOC(=O)Nc1nc2c(-c3ccccn3)cc(-c3cnc(CN4CCN(C)C(=O)C4)nc3)cc2[nH]1.CCOC(=O)Nc1nc2c(-c3ncccn3)cc(-c3ccc(CN4CCOC(C)C4)nc3)cc2[nH]1.CCOC(=O)Nc1nc2c(-c3ncccn3)cc(-c3cnc(CN4CCNCC4)nc3)cc2[nH]1. The van der Waals surface area contributed by atoms with E-state index in [-0.39, 0.29) is 43.7 Å². The Hall–Kier alpha value is -12.2. The van der Waals surface area contributed by atoms with E-state index in [1.54, 1.807) is 81.2 Å². The largest absolute Gasteiger partial charge is 0.450 e. The second-order valence-electron chi connectivity index (χ2n) is 24.7. The molecule has 32 nitrogen and oxygen atoms in total. The number of rotatable bonds is 18. The summed E-state index contributed by atoms with van der Waals surface area (Å²) in [6, 6.07) is 25.1. The number of ether oxygens (including phenoxy) is 4. The molecule has 0 bridgehead atoms. The number of piperazine rings is 2. The number of anilines is 3. The Balaban J connectivity index is 0.000000140. The molecule has 32 heteroatoms. The van der Waals surface area contributed by atoms with Crippen LogP contribution in [0.4, 0.5) is 32.2 Å². The van der Waals surface area contributed by atoms with Crippen molar-refractivity contribution in [3.63, 3.8) is 0 Å². The van der Waals surface area contributed by atoms with Crippen molar-refractivity contribution >= 4 is 75.1 Å². The molecule has 3 aliphatic rings. The van der Waals surface area contributed by atoms with Gasteiger partial charge >= 0.3 is 18.3 Å². The van der Waals surface area contributed by atoms with Gasteiger partial charge in [0.15, 0.2) is 11.6 Å². The fourth-order valence-electron chi connectivity index (χ4n) is 12.1. The van der Waals surface area contributed by atoms with E-state index >= 15 is 0 Å². The third-order valence-corrected chi connectivity index (χ3v) is 17.2. The minimum absolute atomic E-state index is 0.101. The predicted molar refractivity (Wildman–Crippen MR) is 393 cm³/mol. The number of nitrogens with one attached hydrogen (secondary N) is 7. The molecule has 0 saturated carbocycles. The molecule has 3 saturated heterocycles. The Bertz CT molecular complexity index is 4950. The minimum atomic E-state index is -0.581. The summed E-state index contributed by atoms with van der Waals surface area (Å²) in [5, 5.41) is 11.2. The molecule has 15 rings (SSSR count). The molecular weight excluding hydrogens is 1340 g/mol. The van der Waals surface area contributed by atoms with Crippen molar-refractivity contribution in [2.24, 2.45) is 0 Å². The molecule has 12 aromatic rings. The number of imidazole rings is 3. The average molecular weight is 1420 g/mol. The fourth-order valence-corrected chi connectivity index (χ4v) is 12.1. The molecule has 0 aliphatic carbocycles. The first-order valence-corrected chi connectivity index (χ1v) is 34.5. The molecule has 7 N–H and O–H groups in total. The van der Waals surface area contributed by atoms with Crippen molar-refractivity contribution in [2.45, 2.75) is 53.4 Å². The van der Waals surface area contributed by atoms with E-state index in [9.17, 15) is 19.2 Å². The lowest BCUT2D eigenvalue weighted by Gasteiger charge is -2.31. The van der Waals surface area contributed by atoms with Crippen molar-refractivity contribution in [2.75, 3.05) is 108 Å². The first-order valence-electron chi connectivity index (χ1n) is 34.5. The van der Waals surface area contributed by atoms with Crippen LogP contribution in [0.2, 0.25) is 0 Å². The number of pyridine rings is 2. The first-order chi connectivity index (χ1) is 51.3. The van der Waals surface area contributed by atoms with E-state index < -0.39 is 18.3 Å². The number of hydrogen-bond acceptors (Lipinski definition) is 25. The summed E-state index contributed by atoms with van der Waals surface area (Å²) in [4.78, 5) is 124. The molecule has 105 heavy (non-hydrogen) atoms. The standard InChI is InChI=1S/C25H26N8O3.C25H27N7O3.C23H25N9O2/c1-3-36-25(35)31-24-29-20-11-16(10-18(23(20)30-24)19-6-4-5-7-26-19)17-12-27-21(28-13-17)14-33-9-8-32(2)22(34)15-33;1-3-34-25(33)31-24-29-21-12-18(11-20(22(21)30-24)23-26-7-4-8-27-23)17-5-6-19(28-13-17)15-32-9-10-35-16(2)14-32;1-2-34-23(33)31-22-29-18-11-15(10-17(20(18)30-22)21-25-4-3-5-26-21)16-12-27-19(28-13-16)14-32-8-6-24-7-9-32/h4-7,10-13H,3,8-9,14-15H2,1-2H3,(H2,29,30,31,35);4-8,11-13,16H,3,9-10,14-15H2,1-2H3,(H2,29,30,31,33);3-5,10-13,24H,2,6-9,14H2,1H3,(H2,29,30,31,33). The van der Waals surface area contributed by atoms with Crippen LogP contribution in [0.3, 0.4) is 0 Å². The monoisotopic (exact) mass is 1420 g/mol. The summed E-state index contributed by atoms with van der Waals surface area (Å²) < 4.78 is 20.5. The van der Waals surface area contributed by atoms with Crippen LogP contribution >= 0.6 is 0 Å². The zero-order valence-corrected chi connectivity index (χ0v) is 58.5. The van der Waals surface area contributed by atoms with Crippen molar-refractivity contribution < 1.29 is 38.1 Å². The zero-order valence-electron chi connectivity index (χ0n) is 58.5. The average Bonchev–Trinajstić information content (AvgIpc) is 1.69. The number of amides is 4. The van der Waals surface area contributed by atoms with Crippen LogP contribution in [0.15, 0.2) is 141 Å². The number of aromatic nitrogens is 16. The van der Waals surface area contributed by atoms with Crippen LogP contribution < -0.4 is 21.3 Å². The van der Waals surface area contributed by atoms with E-state index in [0.29, 0.717) is 59.6 Å². The van der Waals surface area contributed by atoms with Crippen LogP contribution in [-0.4, -0.2) is 222 Å². The summed E-state index contributed by atoms with van der Waals surface area (Å²) in [7, 11) is 1.82. The molecular formula is C73H78N24O8. The van der Waals surface area contributed by atoms with Crippen LogP contribution in [0.5, 0.6) is 0 Å². The topological polar surface area (TPSA) is 381 Å². The predicted octanol–water partition coefficient (Wildman–Crippen LogP) is 9.25. The highest BCUT2D eigenvalue weighted by atomic mass is 16.6. The van der Waals surface area contributed by atoms with Gasteiger partial charge in [0, 0.05) is 161 Å². The highest BCUT2D eigenvalue weighted by molar-refractivity contribution is 6.00. The summed E-state index contributed by atoms with van der Waals surface area (Å²) in [5.41, 5.74) is 13.5. The third-order valence-electron chi connectivity index (χ3n) is 17.2. The van der Waals surface area contributed by atoms with Gasteiger partial charge in [-0.3, -0.25) is 45.4 Å². The van der Waals surface area contributed by atoms with Gasteiger partial charge in [0.25, 0.3) is 0 Å². The van der Waals surface area contributed by atoms with Crippen LogP contribution in [-0.2, 0) is 43.4 Å². The van der Waals surface area contributed by atoms with Gasteiger partial charge in [0.2, 0.25) is 23.8 Å². The molecule has 0 radical (unpaired) electrons. The van der Waals surface area contributed by atoms with Gasteiger partial charge in [-0.25, -0.2) is 69.2 Å². The molecule has 538 valence electrons. The smallest absolute Gasteiger partial charge is 0.413 e. The molecule has 3 fully saturated rings. The number of carbonyl (C=O) groups excluding carboxylic acids is 4. The van der Waals surface area contributed by atoms with Gasteiger partial charge in [-0.15, -0.1) is 0 Å². The normalized spacial score (nSPS) is 15.0. The summed E-state index contributed by atoms with van der Waals surface area (Å²) >= 11 is 0. The molecule has 3 aromatic carbocycles. The maximum Gasteiger partial charge on any atom is 0.413 e. The van der Waals surface area contributed by atoms with Gasteiger partial charge in [-0.2, -0.15) is 0 Å². The summed E-state index contributed by atoms with van der Waals surface area (Å²) in [5.74, 6) is 3.48. The van der Waals surface area contributed by atoms with E-state index in [4.69, 9.17) is 23.9 Å². The van der Waals surface area contributed by atoms with Gasteiger partial charge in [-0.1, -0.05) is 12.1 Å². The zero-order chi connectivity index (χ0) is 72.6. The second-order valence-corrected chi connectivity index (χ2v) is 24.7. The maximum atomic E-state index is 12.0. The molecule has 12 heterocycles. The lowest BCUT2D eigenvalue weighted by molar-refractivity contribution is -0.134. The Kier molecular flexibility index (Phi) is 22.8. The Morgan fingerprint density at radius 1 is 0.495 bits per heavy atom. The fraction of sp³-hybridized carbons (Fsp3) is 0.301. The van der Waals surface area contributed by atoms with Crippen molar-refractivity contribution in [1.82, 2.24) is 105 Å². The van der Waals surface area contributed by atoms with E-state index in [0.717, 1.165) is 149 Å². The van der Waals surface area contributed by atoms with Gasteiger partial charge < -0.3 is 44.1 Å². The Morgan fingerprint density at radius 2 is 0.971 bits per heavy atom. The molecule has 3 aliphatic heterocycles. The maximum absolute atomic E-state index is 12.0. The third kappa shape index (κ3) is 18.2. The number of hydrogen-bond donors (Lipinski definition) is 7. The van der Waals surface area contributed by atoms with Crippen LogP contribution in [0, 0.1) is 0 Å². The van der Waals surface area contributed by atoms with E-state index in [1.807, 2.05) is 85.1 Å². The molecule has 9 aromatic heterocycles. The number of nitrogens with zero attached hydrogens (tertiary/aromatic N) is 17. The van der Waals surface area contributed by atoms with Gasteiger partial charge in [0.1, 0.15) is 22.7 Å². The van der Waals surface area contributed by atoms with E-state index in [1.165, 1.54) is 0 Å². The second kappa shape index (κ2) is 33.7. The number of morpholine rings is 1.